The molecule has 0 aliphatic carbocycles. The molecule has 0 rings (SSSR count). The zero-order valence-corrected chi connectivity index (χ0v) is 21.6. The van der Waals surface area contributed by atoms with Crippen LogP contribution < -0.4 is 154 Å². The molecule has 0 aromatic rings. The molecule has 0 heterocycles. The van der Waals surface area contributed by atoms with E-state index in [2.05, 4.69) is 0 Å². The monoisotopic (exact) mass is 414 g/mol. The second-order valence-electron chi connectivity index (χ2n) is 1.54. The maximum atomic E-state index is 8.88. The normalized spacial score (nSPS) is 9.83. The molecule has 0 saturated heterocycles. The molecular weight excluding hydrogens is 402 g/mol. The third-order valence-electron chi connectivity index (χ3n) is 0. The van der Waals surface area contributed by atoms with Gasteiger partial charge in [-0.15, -0.1) is 0 Å². The van der Waals surface area contributed by atoms with Gasteiger partial charge in [0.2, 0.25) is 0 Å². The van der Waals surface area contributed by atoms with E-state index in [1.807, 2.05) is 0 Å². The minimum Gasteiger partial charge on any atom is -1.00 e. The Balaban J connectivity index is -0.0000000129. The third-order valence-corrected chi connectivity index (χ3v) is 0. The molecule has 0 aliphatic rings. The van der Waals surface area contributed by atoms with Gasteiger partial charge in [0.1, 0.15) is 0 Å². The van der Waals surface area contributed by atoms with Crippen LogP contribution in [0.3, 0.4) is 0 Å². The standard InChI is InChI=1S/3K.3H3O4P.3H/c;;;3*1-5(2,3)4;;;/h;;;3*(H3,1,2,3,4);;;/q3*+1;;;;3*-1. The first-order valence-electron chi connectivity index (χ1n) is 2.35. The Labute approximate surface area is 233 Å². The summed E-state index contributed by atoms with van der Waals surface area (Å²) in [5, 5.41) is 0. The van der Waals surface area contributed by atoms with Crippen molar-refractivity contribution in [2.24, 2.45) is 0 Å². The molecule has 18 heteroatoms. The Morgan fingerprint density at radius 1 is 0.444 bits per heavy atom. The minimum atomic E-state index is -4.64. The van der Waals surface area contributed by atoms with Gasteiger partial charge in [0.15, 0.2) is 0 Å². The van der Waals surface area contributed by atoms with E-state index in [0.717, 1.165) is 0 Å². The van der Waals surface area contributed by atoms with Crippen LogP contribution in [-0.2, 0) is 13.7 Å². The summed E-state index contributed by atoms with van der Waals surface area (Å²) in [6, 6.07) is 0. The van der Waals surface area contributed by atoms with Crippen molar-refractivity contribution in [3.63, 3.8) is 0 Å². The molecular formula is H12K3O12P3. The molecule has 0 fully saturated rings. The summed E-state index contributed by atoms with van der Waals surface area (Å²) in [6.07, 6.45) is 0. The summed E-state index contributed by atoms with van der Waals surface area (Å²) in [4.78, 5) is 64.7. The molecule has 9 N–H and O–H groups in total. The molecule has 0 amide bonds. The van der Waals surface area contributed by atoms with E-state index in [1.54, 1.807) is 0 Å². The van der Waals surface area contributed by atoms with Gasteiger partial charge in [-0.2, -0.15) is 0 Å². The molecule has 0 bridgehead atoms. The van der Waals surface area contributed by atoms with Crippen molar-refractivity contribution in [1.29, 1.82) is 0 Å². The van der Waals surface area contributed by atoms with Crippen LogP contribution in [0.15, 0.2) is 0 Å². The van der Waals surface area contributed by atoms with Crippen molar-refractivity contribution >= 4 is 23.5 Å². The van der Waals surface area contributed by atoms with Crippen molar-refractivity contribution in [1.82, 2.24) is 0 Å². The second-order valence-corrected chi connectivity index (χ2v) is 4.62. The van der Waals surface area contributed by atoms with Crippen LogP contribution >= 0.6 is 23.5 Å². The van der Waals surface area contributed by atoms with Crippen LogP contribution in [0.4, 0.5) is 0 Å². The summed E-state index contributed by atoms with van der Waals surface area (Å²) < 4.78 is 26.6. The van der Waals surface area contributed by atoms with E-state index in [0.29, 0.717) is 0 Å². The Kier molecular flexibility index (Phi) is 39.9. The zero-order valence-electron chi connectivity index (χ0n) is 12.6. The molecule has 0 radical (unpaired) electrons. The van der Waals surface area contributed by atoms with E-state index in [1.165, 1.54) is 0 Å². The maximum Gasteiger partial charge on any atom is 1.00 e. The molecule has 0 atom stereocenters. The second kappa shape index (κ2) is 18.6. The van der Waals surface area contributed by atoms with Crippen molar-refractivity contribution < 1.29 is 216 Å². The van der Waals surface area contributed by atoms with E-state index >= 15 is 0 Å². The Bertz CT molecular complexity index is 221. The first-order valence-corrected chi connectivity index (χ1v) is 7.04. The number of phosphoric acid groups is 3. The molecule has 0 spiro atoms. The van der Waals surface area contributed by atoms with Gasteiger partial charge in [-0.05, 0) is 0 Å². The first-order chi connectivity index (χ1) is 6.00. The largest absolute Gasteiger partial charge is 1.00 e. The van der Waals surface area contributed by atoms with Gasteiger partial charge in [-0.3, -0.25) is 0 Å². The van der Waals surface area contributed by atoms with E-state index < -0.39 is 23.5 Å². The first kappa shape index (κ1) is 38.7. The van der Waals surface area contributed by atoms with Crippen LogP contribution in [-0.4, -0.2) is 44.0 Å². The average Bonchev–Trinajstić information content (AvgIpc) is 1.41. The van der Waals surface area contributed by atoms with Crippen LogP contribution in [0.25, 0.3) is 0 Å². The molecule has 0 aromatic heterocycles. The van der Waals surface area contributed by atoms with Crippen molar-refractivity contribution in [3.8, 4) is 0 Å². The predicted octanol–water partition coefficient (Wildman–Crippen LogP) is -11.4. The molecule has 0 unspecified atom stereocenters. The summed E-state index contributed by atoms with van der Waals surface area (Å²) in [5.74, 6) is 0. The molecule has 12 nitrogen and oxygen atoms in total. The Hall–Kier alpha value is 5.24. The predicted molar refractivity (Wildman–Crippen MR) is 46.1 cm³/mol. The van der Waals surface area contributed by atoms with Gasteiger partial charge in [-0.1, -0.05) is 0 Å². The summed E-state index contributed by atoms with van der Waals surface area (Å²) in [7, 11) is -13.9. The maximum absolute atomic E-state index is 8.88. The summed E-state index contributed by atoms with van der Waals surface area (Å²) in [5.41, 5.74) is 0. The fourth-order valence-corrected chi connectivity index (χ4v) is 0. The number of hydrogen-bond acceptors (Lipinski definition) is 3. The molecule has 0 saturated carbocycles. The zero-order chi connectivity index (χ0) is 13.5. The molecule has 18 heavy (non-hydrogen) atoms. The van der Waals surface area contributed by atoms with Gasteiger partial charge in [0, 0.05) is 0 Å². The smallest absolute Gasteiger partial charge is 1.00 e. The molecule has 0 aliphatic heterocycles. The van der Waals surface area contributed by atoms with Gasteiger partial charge in [-0.25, -0.2) is 13.7 Å². The topological polar surface area (TPSA) is 233 Å². The molecule has 102 valence electrons. The van der Waals surface area contributed by atoms with Gasteiger partial charge in [0.05, 0.1) is 0 Å². The SMILES string of the molecule is O=P(O)(O)O.O=P(O)(O)O.O=P(O)(O)O.[H-].[H-].[H-].[K+].[K+].[K+]. The van der Waals surface area contributed by atoms with Crippen LogP contribution in [0.5, 0.6) is 0 Å². The third kappa shape index (κ3) is 317. The fraction of sp³-hybridized carbons (Fsp3) is 0. The van der Waals surface area contributed by atoms with E-state index in [9.17, 15) is 0 Å². The van der Waals surface area contributed by atoms with Crippen molar-refractivity contribution in [2.45, 2.75) is 0 Å². The van der Waals surface area contributed by atoms with Crippen molar-refractivity contribution in [2.75, 3.05) is 0 Å². The summed E-state index contributed by atoms with van der Waals surface area (Å²) in [6.45, 7) is 0. The van der Waals surface area contributed by atoms with Crippen LogP contribution in [0, 0.1) is 0 Å². The van der Waals surface area contributed by atoms with Crippen molar-refractivity contribution in [3.05, 3.63) is 0 Å². The van der Waals surface area contributed by atoms with Gasteiger partial charge >= 0.3 is 178 Å². The van der Waals surface area contributed by atoms with E-state index in [4.69, 9.17) is 57.7 Å². The Morgan fingerprint density at radius 3 is 0.444 bits per heavy atom. The minimum absolute atomic E-state index is 0. The Morgan fingerprint density at radius 2 is 0.444 bits per heavy atom. The fourth-order valence-electron chi connectivity index (χ4n) is 0. The van der Waals surface area contributed by atoms with Gasteiger partial charge < -0.3 is 48.3 Å². The van der Waals surface area contributed by atoms with Gasteiger partial charge in [0.25, 0.3) is 0 Å². The number of rotatable bonds is 0. The number of hydrogen-bond donors (Lipinski definition) is 9. The quantitative estimate of drug-likeness (QED) is 0.133. The van der Waals surface area contributed by atoms with E-state index in [-0.39, 0.29) is 158 Å². The van der Waals surface area contributed by atoms with Crippen LogP contribution in [0.1, 0.15) is 4.28 Å². The molecule has 0 aromatic carbocycles. The van der Waals surface area contributed by atoms with Crippen LogP contribution in [0.2, 0.25) is 0 Å². The summed E-state index contributed by atoms with van der Waals surface area (Å²) >= 11 is 0. The average molecular weight is 414 g/mol.